The molecule has 1 aliphatic rings. The highest BCUT2D eigenvalue weighted by molar-refractivity contribution is 7.89. The predicted molar refractivity (Wildman–Crippen MR) is 83.5 cm³/mol. The van der Waals surface area contributed by atoms with Crippen molar-refractivity contribution in [1.29, 1.82) is 0 Å². The van der Waals surface area contributed by atoms with E-state index in [9.17, 15) is 8.42 Å². The van der Waals surface area contributed by atoms with Gasteiger partial charge in [-0.1, -0.05) is 19.1 Å². The molecular formula is C13H19N3O3S2. The first-order valence-electron chi connectivity index (χ1n) is 6.75. The van der Waals surface area contributed by atoms with Gasteiger partial charge in [-0.05, 0) is 25.5 Å². The van der Waals surface area contributed by atoms with Crippen LogP contribution in [0.2, 0.25) is 0 Å². The van der Waals surface area contributed by atoms with Gasteiger partial charge in [0, 0.05) is 18.8 Å². The molecule has 1 aliphatic heterocycles. The Kier molecular flexibility index (Phi) is 4.92. The van der Waals surface area contributed by atoms with Gasteiger partial charge >= 0.3 is 0 Å². The molecular weight excluding hydrogens is 310 g/mol. The van der Waals surface area contributed by atoms with Gasteiger partial charge in [-0.25, -0.2) is 8.42 Å². The molecule has 1 aromatic heterocycles. The van der Waals surface area contributed by atoms with Crippen LogP contribution in [0.5, 0.6) is 0 Å². The zero-order valence-corrected chi connectivity index (χ0v) is 13.7. The number of nitrogens with zero attached hydrogens (tertiary/aromatic N) is 2. The van der Waals surface area contributed by atoms with Gasteiger partial charge in [0.1, 0.15) is 9.88 Å². The van der Waals surface area contributed by atoms with E-state index in [1.165, 1.54) is 22.6 Å². The van der Waals surface area contributed by atoms with Gasteiger partial charge in [-0.3, -0.25) is 4.98 Å². The number of pyridine rings is 1. The van der Waals surface area contributed by atoms with Gasteiger partial charge in [0.25, 0.3) is 0 Å². The van der Waals surface area contributed by atoms with E-state index in [0.29, 0.717) is 25.3 Å². The second-order valence-corrected chi connectivity index (χ2v) is 7.35. The molecule has 0 spiro atoms. The van der Waals surface area contributed by atoms with Gasteiger partial charge in [-0.15, -0.1) is 0 Å². The lowest BCUT2D eigenvalue weighted by atomic mass is 10.2. The van der Waals surface area contributed by atoms with Crippen LogP contribution in [0.25, 0.3) is 0 Å². The van der Waals surface area contributed by atoms with Gasteiger partial charge in [0.15, 0.2) is 0 Å². The van der Waals surface area contributed by atoms with Crippen molar-refractivity contribution in [2.45, 2.75) is 37.3 Å². The van der Waals surface area contributed by atoms with Gasteiger partial charge < -0.3 is 10.5 Å². The smallest absolute Gasteiger partial charge is 0.245 e. The van der Waals surface area contributed by atoms with Crippen molar-refractivity contribution in [2.24, 2.45) is 5.73 Å². The van der Waals surface area contributed by atoms with Crippen molar-refractivity contribution in [3.63, 3.8) is 0 Å². The summed E-state index contributed by atoms with van der Waals surface area (Å²) in [4.78, 5) is 4.30. The van der Waals surface area contributed by atoms with Crippen molar-refractivity contribution in [2.75, 3.05) is 13.2 Å². The molecule has 0 saturated carbocycles. The van der Waals surface area contributed by atoms with Crippen molar-refractivity contribution < 1.29 is 13.2 Å². The minimum Gasteiger partial charge on any atom is -0.388 e. The summed E-state index contributed by atoms with van der Waals surface area (Å²) in [5, 5.41) is 0. The summed E-state index contributed by atoms with van der Waals surface area (Å²) in [7, 11) is -3.59. The Morgan fingerprint density at radius 2 is 2.29 bits per heavy atom. The summed E-state index contributed by atoms with van der Waals surface area (Å²) in [5.41, 5.74) is 5.88. The molecule has 21 heavy (non-hydrogen) atoms. The fourth-order valence-corrected chi connectivity index (χ4v) is 4.07. The lowest BCUT2D eigenvalue weighted by Gasteiger charge is -2.37. The van der Waals surface area contributed by atoms with E-state index in [1.54, 1.807) is 0 Å². The second-order valence-electron chi connectivity index (χ2n) is 5.02. The summed E-state index contributed by atoms with van der Waals surface area (Å²) in [5.74, 6) is 0. The molecule has 0 aliphatic carbocycles. The zero-order chi connectivity index (χ0) is 15.6. The third kappa shape index (κ3) is 3.39. The Balaban J connectivity index is 2.33. The van der Waals surface area contributed by atoms with Crippen molar-refractivity contribution in [1.82, 2.24) is 9.29 Å². The monoisotopic (exact) mass is 329 g/mol. The average molecular weight is 329 g/mol. The van der Waals surface area contributed by atoms with Gasteiger partial charge in [-0.2, -0.15) is 4.31 Å². The van der Waals surface area contributed by atoms with Crippen LogP contribution in [0.4, 0.5) is 0 Å². The molecule has 6 nitrogen and oxygen atoms in total. The van der Waals surface area contributed by atoms with Gasteiger partial charge in [0.05, 0.1) is 18.4 Å². The van der Waals surface area contributed by atoms with Crippen molar-refractivity contribution in [3.05, 3.63) is 24.0 Å². The minimum absolute atomic E-state index is 0.119. The molecule has 0 radical (unpaired) electrons. The molecule has 116 valence electrons. The Morgan fingerprint density at radius 3 is 2.81 bits per heavy atom. The molecule has 8 heteroatoms. The summed E-state index contributed by atoms with van der Waals surface area (Å²) in [6.07, 6.45) is 1.88. The maximum absolute atomic E-state index is 12.7. The highest BCUT2D eigenvalue weighted by Crippen LogP contribution is 2.23. The molecule has 2 N–H and O–H groups in total. The van der Waals surface area contributed by atoms with Gasteiger partial charge in [0.2, 0.25) is 10.0 Å². The average Bonchev–Trinajstić information content (AvgIpc) is 2.47. The van der Waals surface area contributed by atoms with E-state index in [4.69, 9.17) is 22.7 Å². The van der Waals surface area contributed by atoms with Crippen LogP contribution in [0.15, 0.2) is 23.2 Å². The number of nitrogens with two attached hydrogens (primary N) is 1. The fourth-order valence-electron chi connectivity index (χ4n) is 2.24. The Morgan fingerprint density at radius 1 is 1.57 bits per heavy atom. The van der Waals surface area contributed by atoms with Crippen molar-refractivity contribution in [3.8, 4) is 0 Å². The van der Waals surface area contributed by atoms with Crippen molar-refractivity contribution >= 4 is 27.2 Å². The molecule has 0 bridgehead atoms. The third-order valence-corrected chi connectivity index (χ3v) is 5.60. The Bertz CT molecular complexity index is 616. The quantitative estimate of drug-likeness (QED) is 0.826. The number of ether oxygens (including phenoxy) is 1. The number of morpholine rings is 1. The molecule has 2 unspecified atom stereocenters. The van der Waals surface area contributed by atoms with Crippen LogP contribution >= 0.6 is 12.2 Å². The van der Waals surface area contributed by atoms with Crippen LogP contribution in [-0.2, 0) is 14.8 Å². The normalized spacial score (nSPS) is 23.9. The standard InChI is InChI=1S/C13H19N3O3S2/c1-3-10-8-19-9(2)7-16(10)21(17,18)11-4-5-12(13(14)20)15-6-11/h4-6,9-10H,3,7-8H2,1-2H3,(H2,14,20). The van der Waals surface area contributed by atoms with E-state index in [2.05, 4.69) is 4.98 Å². The first-order valence-corrected chi connectivity index (χ1v) is 8.60. The third-order valence-electron chi connectivity index (χ3n) is 3.48. The van der Waals surface area contributed by atoms with Crippen LogP contribution in [-0.4, -0.2) is 48.0 Å². The first kappa shape index (κ1) is 16.3. The summed E-state index contributed by atoms with van der Waals surface area (Å²) >= 11 is 4.82. The van der Waals surface area contributed by atoms with E-state index >= 15 is 0 Å². The molecule has 2 rings (SSSR count). The van der Waals surface area contributed by atoms with E-state index in [-0.39, 0.29) is 22.0 Å². The summed E-state index contributed by atoms with van der Waals surface area (Å²) in [6.45, 7) is 4.57. The topological polar surface area (TPSA) is 85.5 Å². The maximum atomic E-state index is 12.7. The van der Waals surface area contributed by atoms with Crippen LogP contribution in [0, 0.1) is 0 Å². The highest BCUT2D eigenvalue weighted by atomic mass is 32.2. The highest BCUT2D eigenvalue weighted by Gasteiger charge is 2.35. The SMILES string of the molecule is CCC1COC(C)CN1S(=O)(=O)c1ccc(C(N)=S)nc1. The number of aromatic nitrogens is 1. The molecule has 1 aromatic rings. The van der Waals surface area contributed by atoms with E-state index < -0.39 is 10.0 Å². The number of rotatable bonds is 4. The molecule has 2 heterocycles. The number of thiocarbonyl (C=S) groups is 1. The largest absolute Gasteiger partial charge is 0.388 e. The zero-order valence-electron chi connectivity index (χ0n) is 12.0. The number of sulfonamides is 1. The molecule has 1 fully saturated rings. The maximum Gasteiger partial charge on any atom is 0.245 e. The summed E-state index contributed by atoms with van der Waals surface area (Å²) < 4.78 is 32.5. The summed E-state index contributed by atoms with van der Waals surface area (Å²) in [6, 6.07) is 2.87. The molecule has 1 saturated heterocycles. The van der Waals surface area contributed by atoms with E-state index in [1.807, 2.05) is 13.8 Å². The second kappa shape index (κ2) is 6.35. The number of hydrogen-bond acceptors (Lipinski definition) is 5. The van der Waals surface area contributed by atoms with Crippen LogP contribution in [0.1, 0.15) is 26.0 Å². The Hall–Kier alpha value is -1.09. The van der Waals surface area contributed by atoms with Crippen LogP contribution < -0.4 is 5.73 Å². The first-order chi connectivity index (χ1) is 9.86. The lowest BCUT2D eigenvalue weighted by Crippen LogP contribution is -2.51. The molecule has 2 atom stereocenters. The fraction of sp³-hybridized carbons (Fsp3) is 0.538. The Labute approximate surface area is 130 Å². The molecule has 0 aromatic carbocycles. The number of hydrogen-bond donors (Lipinski definition) is 1. The minimum atomic E-state index is -3.59. The van der Waals surface area contributed by atoms with E-state index in [0.717, 1.165) is 0 Å². The predicted octanol–water partition coefficient (Wildman–Crippen LogP) is 0.904. The van der Waals surface area contributed by atoms with Crippen LogP contribution in [0.3, 0.4) is 0 Å². The lowest BCUT2D eigenvalue weighted by molar-refractivity contribution is -0.0230. The molecule has 0 amide bonds.